The summed E-state index contributed by atoms with van der Waals surface area (Å²) in [5.74, 6) is 0.00949. The summed E-state index contributed by atoms with van der Waals surface area (Å²) in [5.41, 5.74) is 1.25. The summed E-state index contributed by atoms with van der Waals surface area (Å²) in [4.78, 5) is 0. The number of phenolic OH excluding ortho intramolecular Hbond substituents is 1. The topological polar surface area (TPSA) is 64.2 Å². The minimum Gasteiger partial charge on any atom is -0.507 e. The zero-order chi connectivity index (χ0) is 9.68. The van der Waals surface area contributed by atoms with E-state index in [0.29, 0.717) is 6.42 Å². The molecule has 0 aliphatic carbocycles. The van der Waals surface area contributed by atoms with Crippen molar-refractivity contribution in [2.45, 2.75) is 12.8 Å². The summed E-state index contributed by atoms with van der Waals surface area (Å²) in [5, 5.41) is 26.4. The van der Waals surface area contributed by atoms with Crippen LogP contribution in [0.25, 0.3) is 0 Å². The fourth-order valence-electron chi connectivity index (χ4n) is 1.11. The summed E-state index contributed by atoms with van der Waals surface area (Å²) in [6.45, 7) is 0.142. The standard InChI is InChI=1S/C10H11NO2/c11-7-9-6-8(2-1-5-12)3-4-10(9)13/h3-4,6,12-13H,1-2,5H2. The second kappa shape index (κ2) is 4.48. The van der Waals surface area contributed by atoms with Crippen LogP contribution < -0.4 is 0 Å². The zero-order valence-corrected chi connectivity index (χ0v) is 7.20. The van der Waals surface area contributed by atoms with Crippen molar-refractivity contribution in [3.63, 3.8) is 0 Å². The van der Waals surface area contributed by atoms with Gasteiger partial charge in [-0.15, -0.1) is 0 Å². The van der Waals surface area contributed by atoms with Gasteiger partial charge in [-0.2, -0.15) is 5.26 Å². The van der Waals surface area contributed by atoms with Crippen LogP contribution in [0.3, 0.4) is 0 Å². The molecule has 1 aromatic rings. The van der Waals surface area contributed by atoms with Crippen molar-refractivity contribution in [3.05, 3.63) is 29.3 Å². The van der Waals surface area contributed by atoms with E-state index < -0.39 is 0 Å². The van der Waals surface area contributed by atoms with Crippen LogP contribution >= 0.6 is 0 Å². The zero-order valence-electron chi connectivity index (χ0n) is 7.20. The SMILES string of the molecule is N#Cc1cc(CCCO)ccc1O. The molecule has 0 amide bonds. The number of aryl methyl sites for hydroxylation is 1. The van der Waals surface area contributed by atoms with Crippen molar-refractivity contribution in [2.24, 2.45) is 0 Å². The molecule has 1 rings (SSSR count). The molecule has 68 valence electrons. The van der Waals surface area contributed by atoms with E-state index in [0.717, 1.165) is 12.0 Å². The number of benzene rings is 1. The lowest BCUT2D eigenvalue weighted by atomic mass is 10.1. The third-order valence-corrected chi connectivity index (χ3v) is 1.80. The molecule has 0 heterocycles. The first-order chi connectivity index (χ1) is 6.27. The molecule has 0 spiro atoms. The Kier molecular flexibility index (Phi) is 3.30. The Hall–Kier alpha value is -1.53. The number of nitriles is 1. The van der Waals surface area contributed by atoms with Crippen molar-refractivity contribution < 1.29 is 10.2 Å². The third-order valence-electron chi connectivity index (χ3n) is 1.80. The monoisotopic (exact) mass is 177 g/mol. The van der Waals surface area contributed by atoms with E-state index in [1.54, 1.807) is 12.1 Å². The number of aliphatic hydroxyl groups excluding tert-OH is 1. The Labute approximate surface area is 76.9 Å². The van der Waals surface area contributed by atoms with Gasteiger partial charge in [0, 0.05) is 6.61 Å². The molecule has 0 saturated carbocycles. The van der Waals surface area contributed by atoms with Gasteiger partial charge >= 0.3 is 0 Å². The van der Waals surface area contributed by atoms with Gasteiger partial charge < -0.3 is 10.2 Å². The molecule has 0 saturated heterocycles. The van der Waals surface area contributed by atoms with E-state index in [4.69, 9.17) is 10.4 Å². The lowest BCUT2D eigenvalue weighted by molar-refractivity contribution is 0.288. The number of phenols is 1. The fourth-order valence-corrected chi connectivity index (χ4v) is 1.11. The lowest BCUT2D eigenvalue weighted by Crippen LogP contribution is -1.90. The maximum absolute atomic E-state index is 9.19. The van der Waals surface area contributed by atoms with Crippen molar-refractivity contribution in [1.82, 2.24) is 0 Å². The number of rotatable bonds is 3. The summed E-state index contributed by atoms with van der Waals surface area (Å²) < 4.78 is 0. The maximum Gasteiger partial charge on any atom is 0.133 e. The molecule has 0 aromatic heterocycles. The van der Waals surface area contributed by atoms with E-state index >= 15 is 0 Å². The average molecular weight is 177 g/mol. The molecule has 2 N–H and O–H groups in total. The van der Waals surface area contributed by atoms with E-state index in [9.17, 15) is 5.11 Å². The van der Waals surface area contributed by atoms with Gasteiger partial charge in [0.05, 0.1) is 5.56 Å². The summed E-state index contributed by atoms with van der Waals surface area (Å²) in [6, 6.07) is 6.80. The average Bonchev–Trinajstić information content (AvgIpc) is 2.16. The number of hydrogen-bond donors (Lipinski definition) is 2. The van der Waals surface area contributed by atoms with Crippen molar-refractivity contribution in [3.8, 4) is 11.8 Å². The molecule has 0 aliphatic heterocycles. The first kappa shape index (κ1) is 9.56. The fraction of sp³-hybridized carbons (Fsp3) is 0.300. The van der Waals surface area contributed by atoms with Crippen LogP contribution in [0.4, 0.5) is 0 Å². The molecule has 13 heavy (non-hydrogen) atoms. The Bertz CT molecular complexity index is 328. The van der Waals surface area contributed by atoms with Crippen molar-refractivity contribution >= 4 is 0 Å². The van der Waals surface area contributed by atoms with Gasteiger partial charge in [0.15, 0.2) is 0 Å². The van der Waals surface area contributed by atoms with Crippen LogP contribution in [0.1, 0.15) is 17.5 Å². The van der Waals surface area contributed by atoms with Gasteiger partial charge in [0.2, 0.25) is 0 Å². The largest absolute Gasteiger partial charge is 0.507 e. The number of aliphatic hydroxyl groups is 1. The normalized spacial score (nSPS) is 9.54. The molecule has 0 unspecified atom stereocenters. The van der Waals surface area contributed by atoms with Crippen molar-refractivity contribution in [1.29, 1.82) is 5.26 Å². The van der Waals surface area contributed by atoms with Gasteiger partial charge in [0.25, 0.3) is 0 Å². The minimum atomic E-state index is 0.00949. The van der Waals surface area contributed by atoms with Crippen LogP contribution in [0.2, 0.25) is 0 Å². The molecular weight excluding hydrogens is 166 g/mol. The Morgan fingerprint density at radius 1 is 1.38 bits per heavy atom. The smallest absolute Gasteiger partial charge is 0.133 e. The van der Waals surface area contributed by atoms with Gasteiger partial charge in [-0.25, -0.2) is 0 Å². The Morgan fingerprint density at radius 3 is 2.77 bits per heavy atom. The molecule has 0 radical (unpaired) electrons. The highest BCUT2D eigenvalue weighted by Crippen LogP contribution is 2.17. The predicted molar refractivity (Wildman–Crippen MR) is 48.2 cm³/mol. The number of hydrogen-bond acceptors (Lipinski definition) is 3. The molecule has 3 nitrogen and oxygen atoms in total. The highest BCUT2D eigenvalue weighted by Gasteiger charge is 2.00. The Morgan fingerprint density at radius 2 is 2.15 bits per heavy atom. The van der Waals surface area contributed by atoms with E-state index in [2.05, 4.69) is 0 Å². The molecule has 0 fully saturated rings. The quantitative estimate of drug-likeness (QED) is 0.728. The van der Waals surface area contributed by atoms with Gasteiger partial charge in [-0.3, -0.25) is 0 Å². The molecule has 1 aromatic carbocycles. The molecular formula is C10H11NO2. The molecule has 3 heteroatoms. The first-order valence-corrected chi connectivity index (χ1v) is 4.11. The van der Waals surface area contributed by atoms with Crippen LogP contribution in [-0.2, 0) is 6.42 Å². The van der Waals surface area contributed by atoms with E-state index in [1.165, 1.54) is 6.07 Å². The van der Waals surface area contributed by atoms with Crippen LogP contribution in [0.15, 0.2) is 18.2 Å². The van der Waals surface area contributed by atoms with Gasteiger partial charge in [0.1, 0.15) is 11.8 Å². The second-order valence-corrected chi connectivity index (χ2v) is 2.79. The van der Waals surface area contributed by atoms with E-state index in [-0.39, 0.29) is 17.9 Å². The molecule has 0 bridgehead atoms. The number of aromatic hydroxyl groups is 1. The maximum atomic E-state index is 9.19. The molecule has 0 aliphatic rings. The highest BCUT2D eigenvalue weighted by molar-refractivity contribution is 5.44. The molecule has 0 atom stereocenters. The van der Waals surface area contributed by atoms with Crippen molar-refractivity contribution in [2.75, 3.05) is 6.61 Å². The number of nitrogens with zero attached hydrogens (tertiary/aromatic N) is 1. The van der Waals surface area contributed by atoms with Crippen LogP contribution in [-0.4, -0.2) is 16.8 Å². The predicted octanol–water partition coefficient (Wildman–Crippen LogP) is 1.19. The second-order valence-electron chi connectivity index (χ2n) is 2.79. The highest BCUT2D eigenvalue weighted by atomic mass is 16.3. The summed E-state index contributed by atoms with van der Waals surface area (Å²) >= 11 is 0. The third kappa shape index (κ3) is 2.46. The van der Waals surface area contributed by atoms with E-state index in [1.807, 2.05) is 6.07 Å². The first-order valence-electron chi connectivity index (χ1n) is 4.11. The summed E-state index contributed by atoms with van der Waals surface area (Å²) in [6.07, 6.45) is 1.40. The summed E-state index contributed by atoms with van der Waals surface area (Å²) in [7, 11) is 0. The Balaban J connectivity index is 2.82. The van der Waals surface area contributed by atoms with Gasteiger partial charge in [-0.05, 0) is 30.5 Å². The van der Waals surface area contributed by atoms with Gasteiger partial charge in [-0.1, -0.05) is 6.07 Å². The van der Waals surface area contributed by atoms with Crippen LogP contribution in [0, 0.1) is 11.3 Å². The lowest BCUT2D eigenvalue weighted by Gasteiger charge is -2.01. The minimum absolute atomic E-state index is 0.00949. The van der Waals surface area contributed by atoms with Crippen LogP contribution in [0.5, 0.6) is 5.75 Å².